The third kappa shape index (κ3) is 2.88. The van der Waals surface area contributed by atoms with Crippen LogP contribution in [0.15, 0.2) is 58.0 Å². The van der Waals surface area contributed by atoms with E-state index in [1.807, 2.05) is 54.6 Å². The van der Waals surface area contributed by atoms with Crippen LogP contribution < -0.4 is 22.3 Å². The van der Waals surface area contributed by atoms with Crippen LogP contribution in [0, 0.1) is 0 Å². The zero-order chi connectivity index (χ0) is 18.3. The molecule has 26 heavy (non-hydrogen) atoms. The second-order valence-electron chi connectivity index (χ2n) is 6.27. The van der Waals surface area contributed by atoms with Crippen molar-refractivity contribution in [2.45, 2.75) is 6.42 Å². The Balaban J connectivity index is 1.58. The van der Waals surface area contributed by atoms with E-state index in [1.165, 1.54) is 0 Å². The van der Waals surface area contributed by atoms with Crippen LogP contribution in [0.4, 0.5) is 5.69 Å². The van der Waals surface area contributed by atoms with Crippen molar-refractivity contribution >= 4 is 40.1 Å². The topological polar surface area (TPSA) is 129 Å². The van der Waals surface area contributed by atoms with Crippen LogP contribution in [-0.2, 0) is 6.42 Å². The Bertz CT molecular complexity index is 1120. The van der Waals surface area contributed by atoms with Gasteiger partial charge in [-0.3, -0.25) is 27.3 Å². The van der Waals surface area contributed by atoms with Crippen molar-refractivity contribution in [1.82, 2.24) is 0 Å². The standard InChI is InChI=1S/C20H17N5O/c21-19(22)12-3-6-18-14(7-12)9-16(26-18)5-4-15-8-11-1-2-13(20(23)24)10-17(11)25-15/h1-7,9-10H,8H2,(H3,21,22)(H3,23,24)/p+2/b5-4+. The summed E-state index contributed by atoms with van der Waals surface area (Å²) in [6.07, 6.45) is 4.63. The lowest BCUT2D eigenvalue weighted by Gasteiger charge is -1.97. The van der Waals surface area contributed by atoms with Gasteiger partial charge in [0.05, 0.1) is 16.8 Å². The number of aliphatic imine (C=N–C) groups is 1. The number of hydrogen-bond acceptors (Lipinski definition) is 2. The Labute approximate surface area is 149 Å². The molecule has 1 aliphatic heterocycles. The smallest absolute Gasteiger partial charge is 0.270 e. The highest BCUT2D eigenvalue weighted by Crippen LogP contribution is 2.28. The first-order valence-corrected chi connectivity index (χ1v) is 8.18. The molecule has 8 N–H and O–H groups in total. The highest BCUT2D eigenvalue weighted by atomic mass is 16.3. The molecule has 0 unspecified atom stereocenters. The van der Waals surface area contributed by atoms with Gasteiger partial charge in [0.1, 0.15) is 11.3 Å². The fraction of sp³-hybridized carbons (Fsp3) is 0.0500. The minimum absolute atomic E-state index is 0.290. The molecule has 6 heteroatoms. The quantitative estimate of drug-likeness (QED) is 0.383. The highest BCUT2D eigenvalue weighted by molar-refractivity contribution is 6.05. The van der Waals surface area contributed by atoms with E-state index >= 15 is 0 Å². The molecule has 0 fully saturated rings. The van der Waals surface area contributed by atoms with Crippen molar-refractivity contribution in [3.63, 3.8) is 0 Å². The van der Waals surface area contributed by atoms with E-state index in [0.717, 1.165) is 51.2 Å². The van der Waals surface area contributed by atoms with E-state index < -0.39 is 0 Å². The summed E-state index contributed by atoms with van der Waals surface area (Å²) in [6, 6.07) is 13.4. The van der Waals surface area contributed by atoms with Gasteiger partial charge in [0, 0.05) is 17.5 Å². The van der Waals surface area contributed by atoms with Gasteiger partial charge in [0.2, 0.25) is 0 Å². The van der Waals surface area contributed by atoms with Crippen molar-refractivity contribution in [3.05, 3.63) is 71.0 Å². The molecule has 0 radical (unpaired) electrons. The highest BCUT2D eigenvalue weighted by Gasteiger charge is 2.15. The molecule has 0 atom stereocenters. The predicted molar refractivity (Wildman–Crippen MR) is 103 cm³/mol. The zero-order valence-electron chi connectivity index (χ0n) is 14.1. The maximum Gasteiger partial charge on any atom is 0.270 e. The van der Waals surface area contributed by atoms with Gasteiger partial charge in [-0.25, -0.2) is 0 Å². The Kier molecular flexibility index (Phi) is 3.65. The van der Waals surface area contributed by atoms with Crippen LogP contribution in [0.3, 0.4) is 0 Å². The van der Waals surface area contributed by atoms with Crippen molar-refractivity contribution in [1.29, 1.82) is 0 Å². The van der Waals surface area contributed by atoms with Gasteiger partial charge in [0.25, 0.3) is 11.7 Å². The molecule has 3 aromatic rings. The number of allylic oxidation sites excluding steroid dienone is 1. The van der Waals surface area contributed by atoms with E-state index in [4.69, 9.17) is 26.7 Å². The second kappa shape index (κ2) is 6.00. The maximum atomic E-state index is 5.82. The average molecular weight is 345 g/mol. The van der Waals surface area contributed by atoms with Crippen LogP contribution in [0.1, 0.15) is 22.5 Å². The summed E-state index contributed by atoms with van der Waals surface area (Å²) < 4.78 is 5.82. The van der Waals surface area contributed by atoms with Gasteiger partial charge in [-0.05, 0) is 54.1 Å². The van der Waals surface area contributed by atoms with Gasteiger partial charge in [-0.15, -0.1) is 0 Å². The van der Waals surface area contributed by atoms with E-state index in [1.54, 1.807) is 0 Å². The van der Waals surface area contributed by atoms with Crippen LogP contribution in [-0.4, -0.2) is 17.4 Å². The maximum absolute atomic E-state index is 5.82. The lowest BCUT2D eigenvalue weighted by molar-refractivity contribution is -0.115. The monoisotopic (exact) mass is 345 g/mol. The summed E-state index contributed by atoms with van der Waals surface area (Å²) >= 11 is 0. The summed E-state index contributed by atoms with van der Waals surface area (Å²) in [4.78, 5) is 4.63. The Morgan fingerprint density at radius 3 is 2.46 bits per heavy atom. The molecule has 0 spiro atoms. The minimum atomic E-state index is 0.290. The molecule has 128 valence electrons. The summed E-state index contributed by atoms with van der Waals surface area (Å²) in [5.41, 5.74) is 16.7. The van der Waals surface area contributed by atoms with E-state index in [0.29, 0.717) is 5.84 Å². The lowest BCUT2D eigenvalue weighted by atomic mass is 10.1. The Hall–Kier alpha value is -3.67. The van der Waals surface area contributed by atoms with Gasteiger partial charge >= 0.3 is 0 Å². The molecule has 4 rings (SSSR count). The van der Waals surface area contributed by atoms with Crippen LogP contribution >= 0.6 is 0 Å². The molecule has 0 aliphatic carbocycles. The van der Waals surface area contributed by atoms with E-state index in [9.17, 15) is 0 Å². The molecule has 2 aromatic carbocycles. The van der Waals surface area contributed by atoms with E-state index in [2.05, 4.69) is 4.99 Å². The molecule has 1 aliphatic rings. The fourth-order valence-corrected chi connectivity index (χ4v) is 2.99. The molecular weight excluding hydrogens is 326 g/mol. The first kappa shape index (κ1) is 15.8. The third-order valence-corrected chi connectivity index (χ3v) is 4.36. The Morgan fingerprint density at radius 2 is 1.69 bits per heavy atom. The molecule has 0 bridgehead atoms. The summed E-state index contributed by atoms with van der Waals surface area (Å²) in [6.45, 7) is 0. The summed E-state index contributed by atoms with van der Waals surface area (Å²) in [5, 5.41) is 12.2. The number of amidine groups is 2. The van der Waals surface area contributed by atoms with Crippen molar-refractivity contribution in [2.75, 3.05) is 0 Å². The third-order valence-electron chi connectivity index (χ3n) is 4.36. The molecule has 0 saturated carbocycles. The van der Waals surface area contributed by atoms with Crippen molar-refractivity contribution in [3.8, 4) is 0 Å². The number of rotatable bonds is 4. The lowest BCUT2D eigenvalue weighted by Crippen LogP contribution is -2.46. The molecule has 1 aromatic heterocycles. The molecule has 0 saturated heterocycles. The molecule has 0 amide bonds. The first-order chi connectivity index (χ1) is 12.5. The predicted octanol–water partition coefficient (Wildman–Crippen LogP) is -0.296. The van der Waals surface area contributed by atoms with Crippen molar-refractivity contribution in [2.24, 2.45) is 16.5 Å². The minimum Gasteiger partial charge on any atom is -0.457 e. The van der Waals surface area contributed by atoms with Crippen LogP contribution in [0.2, 0.25) is 0 Å². The second-order valence-corrected chi connectivity index (χ2v) is 6.27. The zero-order valence-corrected chi connectivity index (χ0v) is 14.1. The number of benzene rings is 2. The SMILES string of the molecule is NC(=[NH2+])c1ccc2c(c1)N=C(/C=C/c1cc3cc(C(N)=[NH2+])ccc3o1)C2. The Morgan fingerprint density at radius 1 is 0.962 bits per heavy atom. The van der Waals surface area contributed by atoms with Crippen LogP contribution in [0.5, 0.6) is 0 Å². The number of fused-ring (bicyclic) bond motifs is 2. The number of furan rings is 1. The van der Waals surface area contributed by atoms with Gasteiger partial charge in [-0.2, -0.15) is 0 Å². The first-order valence-electron chi connectivity index (χ1n) is 8.18. The van der Waals surface area contributed by atoms with Gasteiger partial charge in [-0.1, -0.05) is 6.07 Å². The number of nitrogens with two attached hydrogens (primary N) is 4. The summed E-state index contributed by atoms with van der Waals surface area (Å²) in [5.74, 6) is 1.33. The largest absolute Gasteiger partial charge is 0.457 e. The van der Waals surface area contributed by atoms with Gasteiger partial charge in [0.15, 0.2) is 0 Å². The summed E-state index contributed by atoms with van der Waals surface area (Å²) in [7, 11) is 0. The number of nitrogens with zero attached hydrogens (tertiary/aromatic N) is 1. The van der Waals surface area contributed by atoms with E-state index in [-0.39, 0.29) is 5.84 Å². The van der Waals surface area contributed by atoms with Gasteiger partial charge < -0.3 is 4.42 Å². The number of hydrogen-bond donors (Lipinski definition) is 4. The fourth-order valence-electron chi connectivity index (χ4n) is 2.99. The molecular formula is C20H19N5O+2. The average Bonchev–Trinajstić information content (AvgIpc) is 3.21. The molecule has 2 heterocycles. The molecule has 6 nitrogen and oxygen atoms in total. The van der Waals surface area contributed by atoms with Crippen molar-refractivity contribution < 1.29 is 15.2 Å². The normalized spacial score (nSPS) is 13.2. The van der Waals surface area contributed by atoms with Crippen LogP contribution in [0.25, 0.3) is 17.0 Å².